The van der Waals surface area contributed by atoms with Crippen LogP contribution in [0.25, 0.3) is 0 Å². The Morgan fingerprint density at radius 3 is 2.45 bits per heavy atom. The van der Waals surface area contributed by atoms with Crippen molar-refractivity contribution in [2.45, 2.75) is 13.0 Å². The Kier molecular flexibility index (Phi) is 5.20. The second-order valence-electron chi connectivity index (χ2n) is 6.95. The SMILES string of the molecule is COC1=CC(=O)c2c(c(C(Oc3ccc([N+](=O)[O-])cc3)c3cccs3)c(C)n2C)C1=O. The number of fused-ring (bicyclic) bond motifs is 1. The maximum Gasteiger partial charge on any atom is 0.269 e. The number of non-ortho nitro benzene ring substituents is 1. The first-order valence-electron chi connectivity index (χ1n) is 9.31. The molecule has 0 aliphatic heterocycles. The van der Waals surface area contributed by atoms with Gasteiger partial charge in [0, 0.05) is 41.4 Å². The number of hydrogen-bond donors (Lipinski definition) is 0. The number of rotatable bonds is 6. The van der Waals surface area contributed by atoms with Crippen LogP contribution in [0.15, 0.2) is 53.6 Å². The van der Waals surface area contributed by atoms with Crippen LogP contribution in [0.2, 0.25) is 0 Å². The summed E-state index contributed by atoms with van der Waals surface area (Å²) in [6.07, 6.45) is 0.509. The molecule has 0 spiro atoms. The number of allylic oxidation sites excluding steroid dienone is 2. The van der Waals surface area contributed by atoms with Gasteiger partial charge in [0.25, 0.3) is 5.69 Å². The van der Waals surface area contributed by atoms with Gasteiger partial charge in [-0.3, -0.25) is 19.7 Å². The van der Waals surface area contributed by atoms with E-state index in [0.29, 0.717) is 17.0 Å². The molecule has 2 aromatic heterocycles. The van der Waals surface area contributed by atoms with Crippen LogP contribution in [0.3, 0.4) is 0 Å². The molecule has 0 saturated heterocycles. The van der Waals surface area contributed by atoms with Crippen molar-refractivity contribution in [1.29, 1.82) is 0 Å². The maximum absolute atomic E-state index is 13.1. The number of ether oxygens (including phenoxy) is 2. The van der Waals surface area contributed by atoms with Crippen LogP contribution in [0.1, 0.15) is 43.1 Å². The molecule has 1 aliphatic rings. The van der Waals surface area contributed by atoms with Crippen LogP contribution in [-0.2, 0) is 11.8 Å². The van der Waals surface area contributed by atoms with Gasteiger partial charge in [0.15, 0.2) is 11.9 Å². The molecule has 31 heavy (non-hydrogen) atoms. The van der Waals surface area contributed by atoms with E-state index >= 15 is 0 Å². The summed E-state index contributed by atoms with van der Waals surface area (Å²) in [6.45, 7) is 1.82. The molecule has 8 nitrogen and oxygen atoms in total. The number of benzene rings is 1. The summed E-state index contributed by atoms with van der Waals surface area (Å²) in [6, 6.07) is 9.48. The van der Waals surface area contributed by atoms with Crippen molar-refractivity contribution in [3.8, 4) is 5.75 Å². The topological polar surface area (TPSA) is 101 Å². The van der Waals surface area contributed by atoms with Crippen LogP contribution < -0.4 is 4.74 Å². The van der Waals surface area contributed by atoms with Gasteiger partial charge in [-0.15, -0.1) is 11.3 Å². The van der Waals surface area contributed by atoms with Gasteiger partial charge in [-0.1, -0.05) is 6.07 Å². The number of thiophene rings is 1. The van der Waals surface area contributed by atoms with Gasteiger partial charge in [-0.05, 0) is 30.5 Å². The fourth-order valence-corrected chi connectivity index (χ4v) is 4.43. The zero-order valence-electron chi connectivity index (χ0n) is 16.9. The number of ketones is 2. The zero-order chi connectivity index (χ0) is 22.3. The Balaban J connectivity index is 1.86. The fourth-order valence-electron chi connectivity index (χ4n) is 3.67. The third-order valence-electron chi connectivity index (χ3n) is 5.27. The predicted molar refractivity (Wildman–Crippen MR) is 114 cm³/mol. The molecule has 2 heterocycles. The average molecular weight is 438 g/mol. The number of nitro groups is 1. The Morgan fingerprint density at radius 2 is 1.87 bits per heavy atom. The van der Waals surface area contributed by atoms with Crippen molar-refractivity contribution in [1.82, 2.24) is 4.57 Å². The summed E-state index contributed by atoms with van der Waals surface area (Å²) in [5.41, 5.74) is 1.76. The number of nitro benzene ring substituents is 1. The number of carbonyl (C=O) groups excluding carboxylic acids is 2. The van der Waals surface area contributed by atoms with Gasteiger partial charge in [-0.25, -0.2) is 0 Å². The molecule has 9 heteroatoms. The summed E-state index contributed by atoms with van der Waals surface area (Å²) in [5.74, 6) is -0.323. The van der Waals surface area contributed by atoms with Gasteiger partial charge in [-0.2, -0.15) is 0 Å². The quantitative estimate of drug-likeness (QED) is 0.418. The number of methoxy groups -OCH3 is 1. The Morgan fingerprint density at radius 1 is 1.16 bits per heavy atom. The highest BCUT2D eigenvalue weighted by atomic mass is 32.1. The lowest BCUT2D eigenvalue weighted by Gasteiger charge is -2.21. The minimum Gasteiger partial charge on any atom is -0.492 e. The minimum atomic E-state index is -0.690. The largest absolute Gasteiger partial charge is 0.492 e. The molecular weight excluding hydrogens is 420 g/mol. The molecule has 1 unspecified atom stereocenters. The first kappa shape index (κ1) is 20.5. The lowest BCUT2D eigenvalue weighted by Crippen LogP contribution is -2.21. The second-order valence-corrected chi connectivity index (χ2v) is 7.93. The van der Waals surface area contributed by atoms with Crippen LogP contribution in [0.4, 0.5) is 5.69 Å². The van der Waals surface area contributed by atoms with E-state index in [1.165, 1.54) is 48.8 Å². The smallest absolute Gasteiger partial charge is 0.269 e. The van der Waals surface area contributed by atoms with E-state index in [1.54, 1.807) is 11.6 Å². The van der Waals surface area contributed by atoms with Crippen LogP contribution in [0, 0.1) is 17.0 Å². The van der Waals surface area contributed by atoms with Crippen molar-refractivity contribution in [3.63, 3.8) is 0 Å². The summed E-state index contributed by atoms with van der Waals surface area (Å²) >= 11 is 1.45. The van der Waals surface area contributed by atoms with Crippen molar-refractivity contribution in [2.75, 3.05) is 7.11 Å². The van der Waals surface area contributed by atoms with Crippen molar-refractivity contribution in [3.05, 3.63) is 91.1 Å². The van der Waals surface area contributed by atoms with E-state index in [0.717, 1.165) is 4.88 Å². The highest BCUT2D eigenvalue weighted by molar-refractivity contribution is 7.10. The number of Topliss-reactive ketones (excluding diaryl/α,β-unsaturated/α-hetero) is 1. The fraction of sp³-hybridized carbons (Fsp3) is 0.182. The monoisotopic (exact) mass is 438 g/mol. The lowest BCUT2D eigenvalue weighted by molar-refractivity contribution is -0.384. The molecule has 1 atom stereocenters. The Hall–Kier alpha value is -3.72. The van der Waals surface area contributed by atoms with Gasteiger partial charge in [0.2, 0.25) is 11.6 Å². The van der Waals surface area contributed by atoms with Gasteiger partial charge in [0.1, 0.15) is 11.4 Å². The molecule has 1 aliphatic carbocycles. The number of hydrogen-bond acceptors (Lipinski definition) is 7. The van der Waals surface area contributed by atoms with Gasteiger partial charge in [0.05, 0.1) is 17.6 Å². The molecule has 0 bridgehead atoms. The molecule has 158 valence electrons. The highest BCUT2D eigenvalue weighted by Gasteiger charge is 2.38. The lowest BCUT2D eigenvalue weighted by atomic mass is 9.93. The molecule has 0 saturated carbocycles. The summed E-state index contributed by atoms with van der Waals surface area (Å²) in [4.78, 5) is 37.2. The van der Waals surface area contributed by atoms with E-state index in [1.807, 2.05) is 24.4 Å². The van der Waals surface area contributed by atoms with E-state index in [-0.39, 0.29) is 34.3 Å². The molecule has 1 aromatic carbocycles. The molecule has 3 aromatic rings. The van der Waals surface area contributed by atoms with Crippen molar-refractivity contribution >= 4 is 28.6 Å². The molecule has 0 N–H and O–H groups in total. The van der Waals surface area contributed by atoms with Crippen molar-refractivity contribution < 1.29 is 24.0 Å². The number of aromatic nitrogens is 1. The third-order valence-corrected chi connectivity index (χ3v) is 6.18. The molecule has 0 amide bonds. The van der Waals surface area contributed by atoms with E-state index in [2.05, 4.69) is 0 Å². The van der Waals surface area contributed by atoms with Gasteiger partial charge < -0.3 is 14.0 Å². The Bertz CT molecular complexity index is 1220. The van der Waals surface area contributed by atoms with Gasteiger partial charge >= 0.3 is 0 Å². The van der Waals surface area contributed by atoms with E-state index in [9.17, 15) is 19.7 Å². The average Bonchev–Trinajstić information content (AvgIpc) is 3.37. The first-order valence-corrected chi connectivity index (χ1v) is 10.2. The highest BCUT2D eigenvalue weighted by Crippen LogP contribution is 2.40. The molecular formula is C22H18N2O6S. The first-order chi connectivity index (χ1) is 14.8. The predicted octanol–water partition coefficient (Wildman–Crippen LogP) is 4.38. The molecule has 4 rings (SSSR count). The van der Waals surface area contributed by atoms with Crippen molar-refractivity contribution in [2.24, 2.45) is 7.05 Å². The zero-order valence-corrected chi connectivity index (χ0v) is 17.8. The maximum atomic E-state index is 13.1. The number of carbonyl (C=O) groups is 2. The summed E-state index contributed by atoms with van der Waals surface area (Å²) in [5, 5.41) is 12.8. The number of nitrogens with zero attached hydrogens (tertiary/aromatic N) is 2. The van der Waals surface area contributed by atoms with Crippen LogP contribution in [-0.4, -0.2) is 28.2 Å². The standard InChI is InChI=1S/C22H18N2O6S/c1-12-18(19-20(23(12)2)15(25)11-16(29-3)21(19)26)22(17-5-4-10-31-17)30-14-8-6-13(7-9-14)24(27)28/h4-11,22H,1-3H3. The van der Waals surface area contributed by atoms with Crippen LogP contribution in [0.5, 0.6) is 5.75 Å². The molecule has 0 radical (unpaired) electrons. The molecule has 0 fully saturated rings. The van der Waals surface area contributed by atoms with Crippen LogP contribution >= 0.6 is 11.3 Å². The summed E-state index contributed by atoms with van der Waals surface area (Å²) in [7, 11) is 3.08. The Labute approximate surface area is 181 Å². The third kappa shape index (κ3) is 3.42. The second kappa shape index (κ2) is 7.84. The van der Waals surface area contributed by atoms with E-state index in [4.69, 9.17) is 9.47 Å². The van der Waals surface area contributed by atoms with E-state index < -0.39 is 11.0 Å². The summed E-state index contributed by atoms with van der Waals surface area (Å²) < 4.78 is 13.1. The minimum absolute atomic E-state index is 0.0235. The normalized spacial score (nSPS) is 14.1.